The smallest absolute Gasteiger partial charge is 0.230 e. The molecule has 1 N–H and O–H groups in total. The van der Waals surface area contributed by atoms with Crippen LogP contribution in [-0.4, -0.2) is 65.9 Å². The van der Waals surface area contributed by atoms with Gasteiger partial charge in [-0.3, -0.25) is 9.36 Å². The van der Waals surface area contributed by atoms with Crippen molar-refractivity contribution >= 4 is 23.6 Å². The Kier molecular flexibility index (Phi) is 8.18. The van der Waals surface area contributed by atoms with Crippen LogP contribution in [0.15, 0.2) is 35.5 Å². The van der Waals surface area contributed by atoms with E-state index in [0.29, 0.717) is 38.0 Å². The minimum Gasteiger partial charge on any atom is -0.492 e. The molecule has 0 spiro atoms. The molecule has 1 fully saturated rings. The van der Waals surface area contributed by atoms with Crippen LogP contribution in [0.25, 0.3) is 0 Å². The molecule has 0 atom stereocenters. The first kappa shape index (κ1) is 21.4. The van der Waals surface area contributed by atoms with E-state index in [2.05, 4.69) is 38.8 Å². The molecule has 0 saturated carbocycles. The van der Waals surface area contributed by atoms with Crippen LogP contribution in [0.1, 0.15) is 13.8 Å². The molecule has 2 aromatic rings. The molecular formula is C20H29N5O3S. The summed E-state index contributed by atoms with van der Waals surface area (Å²) in [7, 11) is 0. The first-order valence-electron chi connectivity index (χ1n) is 9.96. The van der Waals surface area contributed by atoms with Crippen LogP contribution in [0, 0.1) is 5.92 Å². The molecule has 29 heavy (non-hydrogen) atoms. The van der Waals surface area contributed by atoms with E-state index in [0.717, 1.165) is 36.5 Å². The number of benzene rings is 1. The number of carbonyl (C=O) groups excluding carboxylic acids is 1. The predicted molar refractivity (Wildman–Crippen MR) is 114 cm³/mol. The number of hydrogen-bond donors (Lipinski definition) is 1. The van der Waals surface area contributed by atoms with E-state index in [1.165, 1.54) is 11.8 Å². The summed E-state index contributed by atoms with van der Waals surface area (Å²) in [5, 5.41) is 12.4. The van der Waals surface area contributed by atoms with Gasteiger partial charge in [-0.05, 0) is 18.1 Å². The number of amides is 1. The second-order valence-electron chi connectivity index (χ2n) is 7.19. The zero-order valence-corrected chi connectivity index (χ0v) is 17.9. The average Bonchev–Trinajstić information content (AvgIpc) is 3.13. The van der Waals surface area contributed by atoms with Crippen LogP contribution in [0.5, 0.6) is 5.75 Å². The van der Waals surface area contributed by atoms with Crippen molar-refractivity contribution in [2.75, 3.05) is 50.1 Å². The number of nitrogens with one attached hydrogen (secondary N) is 1. The highest BCUT2D eigenvalue weighted by Gasteiger charge is 2.21. The first-order chi connectivity index (χ1) is 14.1. The molecule has 1 aliphatic heterocycles. The lowest BCUT2D eigenvalue weighted by Crippen LogP contribution is -2.38. The summed E-state index contributed by atoms with van der Waals surface area (Å²) < 4.78 is 13.1. The van der Waals surface area contributed by atoms with E-state index in [-0.39, 0.29) is 5.91 Å². The van der Waals surface area contributed by atoms with Crippen molar-refractivity contribution < 1.29 is 14.3 Å². The van der Waals surface area contributed by atoms with Gasteiger partial charge in [-0.15, -0.1) is 10.2 Å². The van der Waals surface area contributed by atoms with Gasteiger partial charge in [0.2, 0.25) is 11.9 Å². The second kappa shape index (κ2) is 11.1. The van der Waals surface area contributed by atoms with Gasteiger partial charge in [-0.2, -0.15) is 0 Å². The number of nitrogens with zero attached hydrogens (tertiary/aromatic N) is 4. The van der Waals surface area contributed by atoms with E-state index < -0.39 is 0 Å². The summed E-state index contributed by atoms with van der Waals surface area (Å²) in [6, 6.07) is 9.57. The lowest BCUT2D eigenvalue weighted by Gasteiger charge is -2.28. The van der Waals surface area contributed by atoms with Crippen molar-refractivity contribution in [1.82, 2.24) is 20.1 Å². The number of rotatable bonds is 10. The molecule has 2 heterocycles. The van der Waals surface area contributed by atoms with Crippen molar-refractivity contribution in [1.29, 1.82) is 0 Å². The van der Waals surface area contributed by atoms with Crippen molar-refractivity contribution in [2.24, 2.45) is 5.92 Å². The Balaban J connectivity index is 1.48. The van der Waals surface area contributed by atoms with E-state index in [4.69, 9.17) is 9.47 Å². The fourth-order valence-corrected chi connectivity index (χ4v) is 3.74. The normalized spacial score (nSPS) is 14.2. The van der Waals surface area contributed by atoms with Crippen LogP contribution in [-0.2, 0) is 16.1 Å². The zero-order chi connectivity index (χ0) is 20.5. The summed E-state index contributed by atoms with van der Waals surface area (Å²) in [6.45, 7) is 9.06. The van der Waals surface area contributed by atoms with Gasteiger partial charge in [-0.1, -0.05) is 43.8 Å². The van der Waals surface area contributed by atoms with E-state index in [9.17, 15) is 4.79 Å². The molecule has 1 saturated heterocycles. The van der Waals surface area contributed by atoms with Gasteiger partial charge in [0.25, 0.3) is 0 Å². The summed E-state index contributed by atoms with van der Waals surface area (Å²) in [5.74, 6) is 2.37. The molecule has 0 aliphatic carbocycles. The minimum absolute atomic E-state index is 0.0429. The number of anilines is 1. The quantitative estimate of drug-likeness (QED) is 0.466. The maximum atomic E-state index is 12.2. The highest BCUT2D eigenvalue weighted by atomic mass is 32.2. The highest BCUT2D eigenvalue weighted by Crippen LogP contribution is 2.24. The summed E-state index contributed by atoms with van der Waals surface area (Å²) >= 11 is 1.41. The zero-order valence-electron chi connectivity index (χ0n) is 17.0. The molecule has 1 aromatic heterocycles. The Morgan fingerprint density at radius 3 is 2.72 bits per heavy atom. The van der Waals surface area contributed by atoms with Crippen molar-refractivity contribution in [2.45, 2.75) is 25.5 Å². The lowest BCUT2D eigenvalue weighted by molar-refractivity contribution is -0.118. The third kappa shape index (κ3) is 6.64. The van der Waals surface area contributed by atoms with Gasteiger partial charge in [0.1, 0.15) is 12.4 Å². The molecule has 8 nitrogen and oxygen atoms in total. The van der Waals surface area contributed by atoms with Gasteiger partial charge in [0.15, 0.2) is 5.16 Å². The Hall–Kier alpha value is -2.26. The number of para-hydroxylation sites is 1. The Bertz CT molecular complexity index is 763. The Labute approximate surface area is 176 Å². The highest BCUT2D eigenvalue weighted by molar-refractivity contribution is 7.99. The molecule has 1 aliphatic rings. The van der Waals surface area contributed by atoms with Crippen molar-refractivity contribution in [3.05, 3.63) is 30.3 Å². The maximum Gasteiger partial charge on any atom is 0.230 e. The molecule has 158 valence electrons. The number of carbonyl (C=O) groups is 1. The third-order valence-electron chi connectivity index (χ3n) is 4.31. The Morgan fingerprint density at radius 1 is 1.24 bits per heavy atom. The molecule has 1 aromatic carbocycles. The number of hydrogen-bond acceptors (Lipinski definition) is 7. The van der Waals surface area contributed by atoms with Gasteiger partial charge >= 0.3 is 0 Å². The summed E-state index contributed by atoms with van der Waals surface area (Å²) in [5.41, 5.74) is 0. The van der Waals surface area contributed by atoms with Gasteiger partial charge in [0, 0.05) is 19.6 Å². The Morgan fingerprint density at radius 2 is 2.00 bits per heavy atom. The third-order valence-corrected chi connectivity index (χ3v) is 5.27. The molecule has 9 heteroatoms. The van der Waals surface area contributed by atoms with Crippen molar-refractivity contribution in [3.8, 4) is 5.75 Å². The van der Waals surface area contributed by atoms with Crippen LogP contribution >= 0.6 is 11.8 Å². The van der Waals surface area contributed by atoms with Crippen LogP contribution < -0.4 is 15.0 Å². The summed E-state index contributed by atoms with van der Waals surface area (Å²) in [4.78, 5) is 14.4. The maximum absolute atomic E-state index is 12.2. The van der Waals surface area contributed by atoms with E-state index >= 15 is 0 Å². The number of aromatic nitrogens is 3. The van der Waals surface area contributed by atoms with Gasteiger partial charge in [0.05, 0.1) is 25.5 Å². The monoisotopic (exact) mass is 419 g/mol. The molecular weight excluding hydrogens is 390 g/mol. The molecule has 3 rings (SSSR count). The minimum atomic E-state index is -0.0429. The van der Waals surface area contributed by atoms with E-state index in [1.807, 2.05) is 30.3 Å². The second-order valence-corrected chi connectivity index (χ2v) is 8.13. The van der Waals surface area contributed by atoms with Crippen LogP contribution in [0.4, 0.5) is 5.95 Å². The standard InChI is InChI=1S/C20H29N5O3S/c1-16(2)14-25-19(24-9-12-27-13-10-24)22-23-20(25)29-15-18(26)21-8-11-28-17-6-4-3-5-7-17/h3-7,16H,8-15H2,1-2H3,(H,21,26). The van der Waals surface area contributed by atoms with Crippen molar-refractivity contribution in [3.63, 3.8) is 0 Å². The van der Waals surface area contributed by atoms with Crippen LogP contribution in [0.3, 0.4) is 0 Å². The van der Waals surface area contributed by atoms with Gasteiger partial charge in [-0.25, -0.2) is 0 Å². The SMILES string of the molecule is CC(C)Cn1c(SCC(=O)NCCOc2ccccc2)nnc1N1CCOCC1. The number of morpholine rings is 1. The predicted octanol–water partition coefficient (Wildman–Crippen LogP) is 2.06. The molecule has 0 bridgehead atoms. The topological polar surface area (TPSA) is 81.5 Å². The summed E-state index contributed by atoms with van der Waals surface area (Å²) in [6.07, 6.45) is 0. The van der Waals surface area contributed by atoms with Gasteiger partial charge < -0.3 is 19.7 Å². The lowest BCUT2D eigenvalue weighted by atomic mass is 10.2. The number of thioether (sulfide) groups is 1. The largest absolute Gasteiger partial charge is 0.492 e. The fourth-order valence-electron chi connectivity index (χ4n) is 2.97. The van der Waals surface area contributed by atoms with Crippen LogP contribution in [0.2, 0.25) is 0 Å². The first-order valence-corrected chi connectivity index (χ1v) is 11.0. The molecule has 0 unspecified atom stereocenters. The van der Waals surface area contributed by atoms with E-state index in [1.54, 1.807) is 0 Å². The molecule has 0 radical (unpaired) electrons. The fraction of sp³-hybridized carbons (Fsp3) is 0.550. The average molecular weight is 420 g/mol. The molecule has 1 amide bonds. The number of ether oxygens (including phenoxy) is 2.